The molecule has 1 saturated heterocycles. The van der Waals surface area contributed by atoms with E-state index in [1.54, 1.807) is 18.2 Å². The summed E-state index contributed by atoms with van der Waals surface area (Å²) in [4.78, 5) is 13.8. The Labute approximate surface area is 178 Å². The first-order chi connectivity index (χ1) is 14.2. The zero-order valence-electron chi connectivity index (χ0n) is 17.3. The number of carboxylic acid groups (broad SMARTS) is 1. The number of hydrogen-bond acceptors (Lipinski definition) is 4. The molecule has 0 aromatic heterocycles. The van der Waals surface area contributed by atoms with Crippen molar-refractivity contribution in [3.8, 4) is 0 Å². The third-order valence-electron chi connectivity index (χ3n) is 6.84. The molecule has 1 heterocycles. The number of carbonyl (C=O) groups is 1. The third-order valence-corrected chi connectivity index (χ3v) is 7.45. The fourth-order valence-electron chi connectivity index (χ4n) is 5.47. The van der Waals surface area contributed by atoms with Crippen LogP contribution < -0.4 is 4.72 Å². The van der Waals surface area contributed by atoms with E-state index in [0.29, 0.717) is 23.1 Å². The van der Waals surface area contributed by atoms with Crippen molar-refractivity contribution in [2.24, 2.45) is 11.8 Å². The van der Waals surface area contributed by atoms with Gasteiger partial charge >= 0.3 is 5.97 Å². The first-order valence-corrected chi connectivity index (χ1v) is 12.3. The van der Waals surface area contributed by atoms with Crippen LogP contribution in [0, 0.1) is 11.8 Å². The Kier molecular flexibility index (Phi) is 5.36. The van der Waals surface area contributed by atoms with Crippen molar-refractivity contribution in [1.29, 1.82) is 0 Å². The van der Waals surface area contributed by atoms with Crippen molar-refractivity contribution < 1.29 is 18.3 Å². The first-order valence-electron chi connectivity index (χ1n) is 10.4. The van der Waals surface area contributed by atoms with Crippen LogP contribution in [0.2, 0.25) is 0 Å². The van der Waals surface area contributed by atoms with Gasteiger partial charge in [0.25, 0.3) is 0 Å². The largest absolute Gasteiger partial charge is 0.478 e. The highest BCUT2D eigenvalue weighted by atomic mass is 32.2. The molecule has 1 aliphatic carbocycles. The smallest absolute Gasteiger partial charge is 0.335 e. The molecule has 0 spiro atoms. The minimum absolute atomic E-state index is 0.116. The molecule has 30 heavy (non-hydrogen) atoms. The zero-order valence-corrected chi connectivity index (χ0v) is 18.2. The molecule has 160 valence electrons. The molecule has 2 aliphatic rings. The molecule has 1 saturated carbocycles. The Morgan fingerprint density at radius 3 is 2.50 bits per heavy atom. The lowest BCUT2D eigenvalue weighted by atomic mass is 9.87. The summed E-state index contributed by atoms with van der Waals surface area (Å²) in [6.07, 6.45) is 2.93. The number of benzene rings is 2. The van der Waals surface area contributed by atoms with E-state index < -0.39 is 16.0 Å². The molecule has 7 heteroatoms. The van der Waals surface area contributed by atoms with Gasteiger partial charge in [0.2, 0.25) is 10.0 Å². The molecule has 2 N–H and O–H groups in total. The van der Waals surface area contributed by atoms with Crippen molar-refractivity contribution in [1.82, 2.24) is 4.90 Å². The van der Waals surface area contributed by atoms with Crippen LogP contribution in [0.3, 0.4) is 0 Å². The maximum absolute atomic E-state index is 11.6. The zero-order chi connectivity index (χ0) is 21.5. The predicted molar refractivity (Wildman–Crippen MR) is 117 cm³/mol. The van der Waals surface area contributed by atoms with E-state index in [0.717, 1.165) is 38.0 Å². The van der Waals surface area contributed by atoms with E-state index in [4.69, 9.17) is 0 Å². The fourth-order valence-corrected chi connectivity index (χ4v) is 6.02. The Morgan fingerprint density at radius 2 is 1.87 bits per heavy atom. The highest BCUT2D eigenvalue weighted by Gasteiger charge is 2.67. The Balaban J connectivity index is 1.42. The van der Waals surface area contributed by atoms with Crippen LogP contribution in [0.5, 0.6) is 0 Å². The number of fused-ring (bicyclic) bond motifs is 1. The summed E-state index contributed by atoms with van der Waals surface area (Å²) in [5.74, 6) is 0.249. The predicted octanol–water partition coefficient (Wildman–Crippen LogP) is 3.21. The Hall–Kier alpha value is -2.38. The summed E-state index contributed by atoms with van der Waals surface area (Å²) < 4.78 is 25.8. The number of likely N-dealkylation sites (tertiary alicyclic amines) is 1. The van der Waals surface area contributed by atoms with Gasteiger partial charge in [0.15, 0.2) is 0 Å². The molecule has 1 aliphatic heterocycles. The Bertz CT molecular complexity index is 1050. The second-order valence-corrected chi connectivity index (χ2v) is 10.3. The molecule has 2 unspecified atom stereocenters. The van der Waals surface area contributed by atoms with E-state index in [9.17, 15) is 18.3 Å². The number of carboxylic acids is 1. The van der Waals surface area contributed by atoms with Crippen LogP contribution in [0.4, 0.5) is 5.69 Å². The standard InChI is InChI=1S/C23H28N2O4S/c1-3-23(17-8-6-9-18(13-17)24-30(2,28)29)20-14-25(15-21(20)23)12-11-16-7-4-5-10-19(16)22(26)27/h4-10,13,20-21,24H,3,11-12,14-15H2,1-2H3,(H,26,27). The lowest BCUT2D eigenvalue weighted by Gasteiger charge is -2.27. The molecule has 2 atom stereocenters. The molecular formula is C23H28N2O4S. The van der Waals surface area contributed by atoms with Gasteiger partial charge in [0.05, 0.1) is 11.8 Å². The molecule has 4 rings (SSSR count). The van der Waals surface area contributed by atoms with Crippen molar-refractivity contribution in [3.63, 3.8) is 0 Å². The molecule has 0 amide bonds. The number of aromatic carboxylic acids is 1. The van der Waals surface area contributed by atoms with Gasteiger partial charge in [-0.25, -0.2) is 13.2 Å². The average Bonchev–Trinajstić information content (AvgIpc) is 3.08. The third kappa shape index (κ3) is 3.84. The molecule has 2 aromatic rings. The minimum Gasteiger partial charge on any atom is -0.478 e. The van der Waals surface area contributed by atoms with E-state index >= 15 is 0 Å². The highest BCUT2D eigenvalue weighted by Crippen LogP contribution is 2.65. The summed E-state index contributed by atoms with van der Waals surface area (Å²) in [6.45, 7) is 5.06. The van der Waals surface area contributed by atoms with Crippen LogP contribution in [0.1, 0.15) is 34.8 Å². The quantitative estimate of drug-likeness (QED) is 0.674. The van der Waals surface area contributed by atoms with E-state index in [-0.39, 0.29) is 5.41 Å². The number of piperidine rings is 1. The summed E-state index contributed by atoms with van der Waals surface area (Å²) in [7, 11) is -3.30. The van der Waals surface area contributed by atoms with Gasteiger partial charge in [-0.3, -0.25) is 4.72 Å². The normalized spacial score (nSPS) is 25.7. The molecule has 2 aromatic carbocycles. The number of rotatable bonds is 8. The molecule has 2 fully saturated rings. The SMILES string of the molecule is CCC1(c2cccc(NS(C)(=O)=O)c2)C2CN(CCc3ccccc3C(=O)O)CC21. The molecular weight excluding hydrogens is 400 g/mol. The lowest BCUT2D eigenvalue weighted by molar-refractivity contribution is 0.0695. The summed E-state index contributed by atoms with van der Waals surface area (Å²) >= 11 is 0. The van der Waals surface area contributed by atoms with Gasteiger partial charge in [-0.1, -0.05) is 37.3 Å². The van der Waals surface area contributed by atoms with E-state index in [2.05, 4.69) is 22.6 Å². The highest BCUT2D eigenvalue weighted by molar-refractivity contribution is 7.92. The van der Waals surface area contributed by atoms with E-state index in [1.165, 1.54) is 11.8 Å². The summed E-state index contributed by atoms with van der Waals surface area (Å²) in [5, 5.41) is 9.37. The topological polar surface area (TPSA) is 86.7 Å². The molecule has 6 nitrogen and oxygen atoms in total. The van der Waals surface area contributed by atoms with Gasteiger partial charge in [0, 0.05) is 30.7 Å². The molecule has 0 radical (unpaired) electrons. The fraction of sp³-hybridized carbons (Fsp3) is 0.435. The van der Waals surface area contributed by atoms with E-state index in [1.807, 2.05) is 24.3 Å². The monoisotopic (exact) mass is 428 g/mol. The average molecular weight is 429 g/mol. The van der Waals surface area contributed by atoms with Crippen LogP contribution >= 0.6 is 0 Å². The van der Waals surface area contributed by atoms with Gasteiger partial charge in [0.1, 0.15) is 0 Å². The van der Waals surface area contributed by atoms with Crippen molar-refractivity contribution in [3.05, 3.63) is 65.2 Å². The number of nitrogens with zero attached hydrogens (tertiary/aromatic N) is 1. The number of anilines is 1. The maximum Gasteiger partial charge on any atom is 0.335 e. The van der Waals surface area contributed by atoms with Gasteiger partial charge in [-0.2, -0.15) is 0 Å². The lowest BCUT2D eigenvalue weighted by Crippen LogP contribution is -2.32. The van der Waals surface area contributed by atoms with Crippen molar-refractivity contribution in [2.75, 3.05) is 30.6 Å². The summed E-state index contributed by atoms with van der Waals surface area (Å²) in [5.41, 5.74) is 3.22. The van der Waals surface area contributed by atoms with Gasteiger partial charge in [-0.15, -0.1) is 0 Å². The Morgan fingerprint density at radius 1 is 1.17 bits per heavy atom. The van der Waals surface area contributed by atoms with Crippen LogP contribution in [-0.4, -0.2) is 50.3 Å². The number of nitrogens with one attached hydrogen (secondary N) is 1. The first kappa shape index (κ1) is 20.9. The molecule has 0 bridgehead atoms. The van der Waals surface area contributed by atoms with Crippen LogP contribution in [0.15, 0.2) is 48.5 Å². The van der Waals surface area contributed by atoms with Gasteiger partial charge < -0.3 is 10.0 Å². The van der Waals surface area contributed by atoms with Crippen molar-refractivity contribution >= 4 is 21.7 Å². The van der Waals surface area contributed by atoms with Crippen LogP contribution in [0.25, 0.3) is 0 Å². The number of sulfonamides is 1. The number of hydrogen-bond donors (Lipinski definition) is 2. The minimum atomic E-state index is -3.30. The second kappa shape index (κ2) is 7.71. The van der Waals surface area contributed by atoms with Crippen LogP contribution in [-0.2, 0) is 21.9 Å². The maximum atomic E-state index is 11.6. The summed E-state index contributed by atoms with van der Waals surface area (Å²) in [6, 6.07) is 15.0. The van der Waals surface area contributed by atoms with Crippen molar-refractivity contribution in [2.45, 2.75) is 25.2 Å². The van der Waals surface area contributed by atoms with Gasteiger partial charge in [-0.05, 0) is 54.0 Å². The second-order valence-electron chi connectivity index (χ2n) is 8.53.